The van der Waals surface area contributed by atoms with Gasteiger partial charge in [0.1, 0.15) is 11.2 Å². The van der Waals surface area contributed by atoms with E-state index in [0.29, 0.717) is 22.3 Å². The topological polar surface area (TPSA) is 13.1 Å². The smallest absolute Gasteiger partial charge is 0.136 e. The molecule has 0 aliphatic heterocycles. The van der Waals surface area contributed by atoms with Crippen LogP contribution in [0.1, 0.15) is 5.48 Å². The van der Waals surface area contributed by atoms with E-state index in [4.69, 9.17) is 4.42 Å². The van der Waals surface area contributed by atoms with Crippen molar-refractivity contribution in [3.05, 3.63) is 145 Å². The summed E-state index contributed by atoms with van der Waals surface area (Å²) in [5.41, 5.74) is 3.25. The molecule has 1 nitrogen and oxygen atoms in total. The molecular formula is C40H24O. The molecule has 0 N–H and O–H groups in total. The van der Waals surface area contributed by atoms with Gasteiger partial charge in [-0.3, -0.25) is 0 Å². The van der Waals surface area contributed by atoms with Crippen LogP contribution in [-0.2, 0) is 0 Å². The van der Waals surface area contributed by atoms with E-state index in [1.165, 1.54) is 0 Å². The first-order valence-corrected chi connectivity index (χ1v) is 13.8. The van der Waals surface area contributed by atoms with Crippen molar-refractivity contribution in [2.45, 2.75) is 0 Å². The Morgan fingerprint density at radius 3 is 1.66 bits per heavy atom. The first-order chi connectivity index (χ1) is 22.0. The average molecular weight is 525 g/mol. The maximum Gasteiger partial charge on any atom is 0.136 e. The zero-order valence-corrected chi connectivity index (χ0v) is 22.0. The molecule has 9 rings (SSSR count). The van der Waals surface area contributed by atoms with Crippen LogP contribution in [0, 0.1) is 0 Å². The molecule has 1 aromatic heterocycles. The van der Waals surface area contributed by atoms with Gasteiger partial charge in [-0.05, 0) is 102 Å². The van der Waals surface area contributed by atoms with Gasteiger partial charge in [-0.2, -0.15) is 0 Å². The van der Waals surface area contributed by atoms with Crippen LogP contribution in [0.15, 0.2) is 150 Å². The molecule has 0 aliphatic carbocycles. The molecule has 190 valence electrons. The van der Waals surface area contributed by atoms with Crippen molar-refractivity contribution < 1.29 is 9.90 Å². The highest BCUT2D eigenvalue weighted by atomic mass is 16.3. The third-order valence-corrected chi connectivity index (χ3v) is 8.25. The third kappa shape index (κ3) is 3.43. The Kier molecular flexibility index (Phi) is 3.92. The summed E-state index contributed by atoms with van der Waals surface area (Å²) in [6.45, 7) is 0. The lowest BCUT2D eigenvalue weighted by molar-refractivity contribution is 0.669. The van der Waals surface area contributed by atoms with Gasteiger partial charge in [-0.1, -0.05) is 109 Å². The summed E-state index contributed by atoms with van der Waals surface area (Å²) >= 11 is 0. The van der Waals surface area contributed by atoms with E-state index in [1.54, 1.807) is 0 Å². The van der Waals surface area contributed by atoms with E-state index in [9.17, 15) is 5.48 Å². The van der Waals surface area contributed by atoms with Crippen molar-refractivity contribution in [1.29, 1.82) is 0 Å². The maximum absolute atomic E-state index is 9.33. The lowest BCUT2D eigenvalue weighted by Gasteiger charge is -2.13. The van der Waals surface area contributed by atoms with Crippen molar-refractivity contribution in [3.8, 4) is 22.3 Å². The summed E-state index contributed by atoms with van der Waals surface area (Å²) in [5, 5.41) is 9.94. The largest absolute Gasteiger partial charge is 0.456 e. The zero-order valence-electron chi connectivity index (χ0n) is 26.0. The zero-order chi connectivity index (χ0) is 30.4. The third-order valence-electron chi connectivity index (χ3n) is 8.25. The molecule has 0 saturated carbocycles. The molecule has 0 saturated heterocycles. The number of rotatable bonds is 2. The molecule has 1 heterocycles. The van der Waals surface area contributed by atoms with E-state index in [-0.39, 0.29) is 29.7 Å². The Balaban J connectivity index is 1.35. The van der Waals surface area contributed by atoms with Gasteiger partial charge in [0.05, 0.1) is 5.48 Å². The first kappa shape index (κ1) is 18.8. The minimum Gasteiger partial charge on any atom is -0.456 e. The second-order valence-electron chi connectivity index (χ2n) is 10.6. The van der Waals surface area contributed by atoms with Crippen LogP contribution in [0.2, 0.25) is 0 Å². The average Bonchev–Trinajstić information content (AvgIpc) is 3.43. The van der Waals surface area contributed by atoms with Crippen molar-refractivity contribution in [2.24, 2.45) is 0 Å². The second-order valence-corrected chi connectivity index (χ2v) is 10.6. The number of fused-ring (bicyclic) bond motifs is 8. The van der Waals surface area contributed by atoms with E-state index in [1.807, 2.05) is 78.9 Å². The predicted octanol–water partition coefficient (Wildman–Crippen LogP) is 11.5. The van der Waals surface area contributed by atoms with Crippen molar-refractivity contribution in [2.75, 3.05) is 0 Å². The summed E-state index contributed by atoms with van der Waals surface area (Å²) in [6.07, 6.45) is 0. The lowest BCUT2D eigenvalue weighted by Crippen LogP contribution is -1.87. The van der Waals surface area contributed by atoms with Crippen molar-refractivity contribution in [1.82, 2.24) is 0 Å². The minimum absolute atomic E-state index is 0.0639. The van der Waals surface area contributed by atoms with E-state index in [0.717, 1.165) is 59.4 Å². The predicted molar refractivity (Wildman–Crippen MR) is 175 cm³/mol. The molecule has 0 unspecified atom stereocenters. The fourth-order valence-electron chi connectivity index (χ4n) is 6.30. The number of benzene rings is 8. The van der Waals surface area contributed by atoms with Gasteiger partial charge in [0.2, 0.25) is 0 Å². The highest BCUT2D eigenvalue weighted by molar-refractivity contribution is 6.18. The first-order valence-electron chi connectivity index (χ1n) is 15.8. The SMILES string of the molecule is [2H]c1c([2H])c(-c2cccc3oc4cc5ccccc5cc4c23)c([2H])c([2H])c1-c1cc2ccccc2c2cc3ccccc3cc12. The quantitative estimate of drug-likeness (QED) is 0.162. The standard InChI is InChI=1S/C40H24O/c1-2-9-28-21-36-34(23-31-12-5-6-13-32(31)35(36)20-27(28)8-1)26-18-16-25(17-19-26)33-14-7-15-38-40(33)37-22-29-10-3-4-11-30(29)24-39(37)41-38/h1-24H/i16D,17D,18D,19D. The Bertz CT molecular complexity index is 2680. The molecule has 41 heavy (non-hydrogen) atoms. The van der Waals surface area contributed by atoms with Crippen LogP contribution in [0.4, 0.5) is 0 Å². The lowest BCUT2D eigenvalue weighted by atomic mass is 9.90. The summed E-state index contributed by atoms with van der Waals surface area (Å²) in [4.78, 5) is 0. The molecule has 0 amide bonds. The fraction of sp³-hybridized carbons (Fsp3) is 0. The second kappa shape index (κ2) is 8.55. The summed E-state index contributed by atoms with van der Waals surface area (Å²) < 4.78 is 43.6. The highest BCUT2D eigenvalue weighted by Gasteiger charge is 2.15. The molecule has 0 aliphatic rings. The number of furan rings is 1. The van der Waals surface area contributed by atoms with Crippen LogP contribution in [0.3, 0.4) is 0 Å². The Morgan fingerprint density at radius 2 is 0.951 bits per heavy atom. The maximum atomic E-state index is 9.33. The minimum atomic E-state index is -0.0734. The Labute approximate surface area is 242 Å². The van der Waals surface area contributed by atoms with Crippen LogP contribution in [0.25, 0.3) is 87.3 Å². The highest BCUT2D eigenvalue weighted by Crippen LogP contribution is 2.41. The molecule has 0 radical (unpaired) electrons. The molecule has 9 aromatic rings. The van der Waals surface area contributed by atoms with Crippen LogP contribution < -0.4 is 0 Å². The van der Waals surface area contributed by atoms with Crippen LogP contribution >= 0.6 is 0 Å². The van der Waals surface area contributed by atoms with Gasteiger partial charge in [0.15, 0.2) is 0 Å². The van der Waals surface area contributed by atoms with Gasteiger partial charge in [0, 0.05) is 10.8 Å². The van der Waals surface area contributed by atoms with Crippen molar-refractivity contribution >= 4 is 65.0 Å². The summed E-state index contributed by atoms with van der Waals surface area (Å²) in [7, 11) is 0. The summed E-state index contributed by atoms with van der Waals surface area (Å²) in [5.74, 6) is 0. The molecule has 0 spiro atoms. The van der Waals surface area contributed by atoms with Gasteiger partial charge < -0.3 is 4.42 Å². The molecule has 0 atom stereocenters. The van der Waals surface area contributed by atoms with Crippen LogP contribution in [0.5, 0.6) is 0 Å². The molecule has 8 aromatic carbocycles. The van der Waals surface area contributed by atoms with Crippen LogP contribution in [-0.4, -0.2) is 0 Å². The monoisotopic (exact) mass is 524 g/mol. The molecule has 0 bridgehead atoms. The van der Waals surface area contributed by atoms with E-state index in [2.05, 4.69) is 42.5 Å². The number of hydrogen-bond donors (Lipinski definition) is 0. The summed E-state index contributed by atoms with van der Waals surface area (Å²) in [6, 6.07) is 40.1. The van der Waals surface area contributed by atoms with Crippen molar-refractivity contribution in [3.63, 3.8) is 0 Å². The Morgan fingerprint density at radius 1 is 0.390 bits per heavy atom. The fourth-order valence-corrected chi connectivity index (χ4v) is 6.30. The molecule has 0 fully saturated rings. The van der Waals surface area contributed by atoms with E-state index < -0.39 is 0 Å². The van der Waals surface area contributed by atoms with Gasteiger partial charge in [-0.25, -0.2) is 0 Å². The Hall–Kier alpha value is -5.40. The number of hydrogen-bond acceptors (Lipinski definition) is 1. The molecule has 1 heteroatoms. The van der Waals surface area contributed by atoms with Gasteiger partial charge >= 0.3 is 0 Å². The van der Waals surface area contributed by atoms with E-state index >= 15 is 0 Å². The van der Waals surface area contributed by atoms with Gasteiger partial charge in [0.25, 0.3) is 0 Å². The van der Waals surface area contributed by atoms with Gasteiger partial charge in [-0.15, -0.1) is 0 Å². The normalized spacial score (nSPS) is 13.3. The molecular weight excluding hydrogens is 496 g/mol.